The Morgan fingerprint density at radius 2 is 2.00 bits per heavy atom. The summed E-state index contributed by atoms with van der Waals surface area (Å²) in [4.78, 5) is 31.7. The second kappa shape index (κ2) is 11.2. The lowest BCUT2D eigenvalue weighted by Gasteiger charge is -2.31. The highest BCUT2D eigenvalue weighted by Crippen LogP contribution is 2.27. The van der Waals surface area contributed by atoms with Crippen LogP contribution in [0.15, 0.2) is 36.5 Å². The van der Waals surface area contributed by atoms with Crippen LogP contribution < -0.4 is 11.1 Å². The van der Waals surface area contributed by atoms with Crippen LogP contribution in [0.4, 0.5) is 0 Å². The van der Waals surface area contributed by atoms with Crippen LogP contribution in [0.1, 0.15) is 22.5 Å². The minimum absolute atomic E-state index is 0. The van der Waals surface area contributed by atoms with E-state index in [2.05, 4.69) is 10.3 Å². The molecule has 1 unspecified atom stereocenters. The number of aromatic nitrogens is 1. The van der Waals surface area contributed by atoms with Crippen LogP contribution in [0.2, 0.25) is 0 Å². The first-order valence-corrected chi connectivity index (χ1v) is 9.29. The molecular formula is C18H24Cl2N4O2S. The van der Waals surface area contributed by atoms with E-state index in [0.29, 0.717) is 31.1 Å². The van der Waals surface area contributed by atoms with Gasteiger partial charge in [0, 0.05) is 31.7 Å². The molecular weight excluding hydrogens is 407 g/mol. The molecule has 1 aromatic carbocycles. The van der Waals surface area contributed by atoms with E-state index in [0.717, 1.165) is 23.4 Å². The third kappa shape index (κ3) is 5.90. The average Bonchev–Trinajstić information content (AvgIpc) is 3.16. The van der Waals surface area contributed by atoms with Gasteiger partial charge in [-0.05, 0) is 12.8 Å². The minimum atomic E-state index is -0.161. The number of nitrogens with zero attached hydrogens (tertiary/aromatic N) is 2. The summed E-state index contributed by atoms with van der Waals surface area (Å²) in [6, 6.07) is 9.81. The average molecular weight is 431 g/mol. The Hall–Kier alpha value is -1.67. The topological polar surface area (TPSA) is 88.3 Å². The van der Waals surface area contributed by atoms with Crippen molar-refractivity contribution in [2.24, 2.45) is 11.7 Å². The van der Waals surface area contributed by atoms with Gasteiger partial charge in [-0.2, -0.15) is 0 Å². The van der Waals surface area contributed by atoms with Crippen LogP contribution in [-0.4, -0.2) is 47.9 Å². The molecule has 2 aromatic rings. The van der Waals surface area contributed by atoms with Gasteiger partial charge in [-0.15, -0.1) is 36.2 Å². The van der Waals surface area contributed by atoms with Crippen LogP contribution in [-0.2, 0) is 4.79 Å². The summed E-state index contributed by atoms with van der Waals surface area (Å²) in [6.45, 7) is 2.02. The molecule has 1 atom stereocenters. The molecule has 2 amide bonds. The Balaban J connectivity index is 0.00000182. The largest absolute Gasteiger partial charge is 0.355 e. The molecule has 1 fully saturated rings. The van der Waals surface area contributed by atoms with Gasteiger partial charge in [0.1, 0.15) is 9.88 Å². The van der Waals surface area contributed by atoms with Gasteiger partial charge >= 0.3 is 0 Å². The molecule has 2 heterocycles. The van der Waals surface area contributed by atoms with Gasteiger partial charge < -0.3 is 16.0 Å². The summed E-state index contributed by atoms with van der Waals surface area (Å²) in [5.74, 6) is -0.223. The summed E-state index contributed by atoms with van der Waals surface area (Å²) in [5.41, 5.74) is 6.43. The molecule has 0 bridgehead atoms. The second-order valence-corrected chi connectivity index (χ2v) is 7.10. The molecule has 0 aliphatic carbocycles. The van der Waals surface area contributed by atoms with Gasteiger partial charge in [0.05, 0.1) is 12.1 Å². The van der Waals surface area contributed by atoms with E-state index in [1.807, 2.05) is 30.3 Å². The number of carbonyl (C=O) groups is 2. The number of carbonyl (C=O) groups excluding carboxylic acids is 2. The predicted molar refractivity (Wildman–Crippen MR) is 113 cm³/mol. The SMILES string of the molecule is Cl.Cl.NCCNC(=O)C1CCCN(C(=O)c2cnc(-c3ccccc3)s2)C1. The number of rotatable bonds is 5. The van der Waals surface area contributed by atoms with E-state index < -0.39 is 0 Å². The monoisotopic (exact) mass is 430 g/mol. The van der Waals surface area contributed by atoms with Gasteiger partial charge in [0.2, 0.25) is 5.91 Å². The number of benzene rings is 1. The lowest BCUT2D eigenvalue weighted by molar-refractivity contribution is -0.126. The highest BCUT2D eigenvalue weighted by Gasteiger charge is 2.29. The molecule has 0 radical (unpaired) electrons. The first-order chi connectivity index (χ1) is 12.2. The zero-order valence-corrected chi connectivity index (χ0v) is 17.2. The third-order valence-electron chi connectivity index (χ3n) is 4.26. The molecule has 3 rings (SSSR count). The molecule has 3 N–H and O–H groups in total. The summed E-state index contributed by atoms with van der Waals surface area (Å²) in [5, 5.41) is 3.65. The Bertz CT molecular complexity index is 742. The van der Waals surface area contributed by atoms with Crippen LogP contribution >= 0.6 is 36.2 Å². The fourth-order valence-corrected chi connectivity index (χ4v) is 3.85. The van der Waals surface area contributed by atoms with E-state index >= 15 is 0 Å². The third-order valence-corrected chi connectivity index (χ3v) is 5.29. The molecule has 1 aliphatic heterocycles. The van der Waals surface area contributed by atoms with Crippen LogP contribution in [0.25, 0.3) is 10.6 Å². The van der Waals surface area contributed by atoms with Crippen molar-refractivity contribution >= 4 is 48.0 Å². The normalized spacial score (nSPS) is 16.0. The van der Waals surface area contributed by atoms with Crippen molar-refractivity contribution in [1.82, 2.24) is 15.2 Å². The summed E-state index contributed by atoms with van der Waals surface area (Å²) in [6.07, 6.45) is 3.27. The molecule has 1 aliphatic rings. The maximum Gasteiger partial charge on any atom is 0.265 e. The van der Waals surface area contributed by atoms with E-state index in [9.17, 15) is 9.59 Å². The predicted octanol–water partition coefficient (Wildman–Crippen LogP) is 2.58. The van der Waals surface area contributed by atoms with Gasteiger partial charge in [-0.1, -0.05) is 30.3 Å². The second-order valence-electron chi connectivity index (χ2n) is 6.07. The number of nitrogens with two attached hydrogens (primary N) is 1. The van der Waals surface area contributed by atoms with Gasteiger partial charge in [-0.25, -0.2) is 4.98 Å². The number of piperidine rings is 1. The Kier molecular flexibility index (Phi) is 9.73. The van der Waals surface area contributed by atoms with Gasteiger partial charge in [-0.3, -0.25) is 9.59 Å². The summed E-state index contributed by atoms with van der Waals surface area (Å²) in [7, 11) is 0. The standard InChI is InChI=1S/C18H22N4O2S.2ClH/c19-8-9-20-16(23)14-7-4-10-22(12-14)18(24)15-11-21-17(25-15)13-5-2-1-3-6-13;;/h1-3,5-6,11,14H,4,7-10,12,19H2,(H,20,23);2*1H. The molecule has 1 aromatic heterocycles. The smallest absolute Gasteiger partial charge is 0.265 e. The first-order valence-electron chi connectivity index (χ1n) is 8.47. The summed E-state index contributed by atoms with van der Waals surface area (Å²) < 4.78 is 0. The fraction of sp³-hybridized carbons (Fsp3) is 0.389. The number of thiazole rings is 1. The maximum absolute atomic E-state index is 12.8. The number of amides is 2. The number of hydrogen-bond acceptors (Lipinski definition) is 5. The van der Waals surface area contributed by atoms with Crippen LogP contribution in [0.3, 0.4) is 0 Å². The Labute approximate surface area is 175 Å². The number of likely N-dealkylation sites (tertiary alicyclic amines) is 1. The Morgan fingerprint density at radius 3 is 2.70 bits per heavy atom. The zero-order valence-electron chi connectivity index (χ0n) is 14.8. The van der Waals surface area contributed by atoms with E-state index in [1.165, 1.54) is 11.3 Å². The van der Waals surface area contributed by atoms with Crippen LogP contribution in [0.5, 0.6) is 0 Å². The van der Waals surface area contributed by atoms with Crippen molar-refractivity contribution < 1.29 is 9.59 Å². The highest BCUT2D eigenvalue weighted by atomic mass is 35.5. The van der Waals surface area contributed by atoms with Crippen LogP contribution in [0, 0.1) is 5.92 Å². The van der Waals surface area contributed by atoms with E-state index in [-0.39, 0.29) is 42.5 Å². The van der Waals surface area contributed by atoms with Crippen molar-refractivity contribution in [1.29, 1.82) is 0 Å². The maximum atomic E-state index is 12.8. The quantitative estimate of drug-likeness (QED) is 0.762. The molecule has 27 heavy (non-hydrogen) atoms. The van der Waals surface area contributed by atoms with Crippen molar-refractivity contribution in [3.63, 3.8) is 0 Å². The minimum Gasteiger partial charge on any atom is -0.355 e. The van der Waals surface area contributed by atoms with Crippen molar-refractivity contribution in [2.45, 2.75) is 12.8 Å². The lowest BCUT2D eigenvalue weighted by Crippen LogP contribution is -2.46. The molecule has 0 saturated carbocycles. The number of halogens is 2. The molecule has 148 valence electrons. The molecule has 9 heteroatoms. The number of nitrogens with one attached hydrogen (secondary N) is 1. The van der Waals surface area contributed by atoms with Crippen molar-refractivity contribution in [3.05, 3.63) is 41.4 Å². The highest BCUT2D eigenvalue weighted by molar-refractivity contribution is 7.16. The zero-order chi connectivity index (χ0) is 17.6. The number of hydrogen-bond donors (Lipinski definition) is 2. The molecule has 1 saturated heterocycles. The lowest BCUT2D eigenvalue weighted by atomic mass is 9.97. The first kappa shape index (κ1) is 23.4. The van der Waals surface area contributed by atoms with Gasteiger partial charge in [0.25, 0.3) is 5.91 Å². The van der Waals surface area contributed by atoms with E-state index in [1.54, 1.807) is 11.1 Å². The van der Waals surface area contributed by atoms with E-state index in [4.69, 9.17) is 5.73 Å². The fourth-order valence-electron chi connectivity index (χ4n) is 2.96. The van der Waals surface area contributed by atoms with Gasteiger partial charge in [0.15, 0.2) is 0 Å². The Morgan fingerprint density at radius 1 is 1.26 bits per heavy atom. The summed E-state index contributed by atoms with van der Waals surface area (Å²) >= 11 is 1.39. The molecule has 6 nitrogen and oxygen atoms in total. The molecule has 0 spiro atoms. The van der Waals surface area contributed by atoms with Crippen molar-refractivity contribution in [2.75, 3.05) is 26.2 Å². The van der Waals surface area contributed by atoms with Crippen molar-refractivity contribution in [3.8, 4) is 10.6 Å².